The summed E-state index contributed by atoms with van der Waals surface area (Å²) in [6, 6.07) is 0. The third kappa shape index (κ3) is 0.663. The molecule has 2 nitrogen and oxygen atoms in total. The first kappa shape index (κ1) is 6.62. The van der Waals surface area contributed by atoms with Crippen LogP contribution in [0.3, 0.4) is 0 Å². The van der Waals surface area contributed by atoms with Crippen molar-refractivity contribution in [2.45, 2.75) is 37.3 Å². The molecule has 10 heavy (non-hydrogen) atoms. The molecule has 0 aromatic heterocycles. The third-order valence-electron chi connectivity index (χ3n) is 3.34. The van der Waals surface area contributed by atoms with Crippen molar-refractivity contribution in [1.82, 2.24) is 5.32 Å². The van der Waals surface area contributed by atoms with E-state index in [1.807, 2.05) is 7.05 Å². The van der Waals surface area contributed by atoms with Gasteiger partial charge < -0.3 is 10.4 Å². The van der Waals surface area contributed by atoms with Gasteiger partial charge in [0.2, 0.25) is 0 Å². The zero-order valence-corrected chi connectivity index (χ0v) is 6.43. The van der Waals surface area contributed by atoms with Gasteiger partial charge in [0.15, 0.2) is 0 Å². The number of aliphatic hydroxyl groups is 1. The minimum Gasteiger partial charge on any atom is -0.391 e. The van der Waals surface area contributed by atoms with E-state index in [9.17, 15) is 5.11 Å². The van der Waals surface area contributed by atoms with Gasteiger partial charge in [-0.2, -0.15) is 0 Å². The number of aliphatic hydroxyl groups excluding tert-OH is 1. The van der Waals surface area contributed by atoms with E-state index in [4.69, 9.17) is 0 Å². The molecule has 0 radical (unpaired) electrons. The Morgan fingerprint density at radius 3 is 2.70 bits per heavy atom. The maximum Gasteiger partial charge on any atom is 0.0724 e. The second-order valence-corrected chi connectivity index (χ2v) is 3.77. The fourth-order valence-corrected chi connectivity index (χ4v) is 2.62. The summed E-state index contributed by atoms with van der Waals surface area (Å²) in [7, 11) is 1.97. The molecule has 58 valence electrons. The zero-order chi connectivity index (χ0) is 7.19. The summed E-state index contributed by atoms with van der Waals surface area (Å²) in [6.07, 6.45) is 4.65. The predicted molar refractivity (Wildman–Crippen MR) is 39.8 cm³/mol. The van der Waals surface area contributed by atoms with E-state index in [0.29, 0.717) is 0 Å². The summed E-state index contributed by atoms with van der Waals surface area (Å²) in [4.78, 5) is 0. The monoisotopic (exact) mass is 141 g/mol. The average Bonchev–Trinajstić information content (AvgIpc) is 2.44. The normalized spacial score (nSPS) is 52.2. The van der Waals surface area contributed by atoms with E-state index < -0.39 is 0 Å². The van der Waals surface area contributed by atoms with Crippen molar-refractivity contribution in [1.29, 1.82) is 0 Å². The molecule has 2 fully saturated rings. The molecule has 0 aromatic rings. The molecule has 0 heterocycles. The molecule has 0 spiro atoms. The van der Waals surface area contributed by atoms with Crippen LogP contribution < -0.4 is 5.32 Å². The van der Waals surface area contributed by atoms with Gasteiger partial charge in [-0.3, -0.25) is 0 Å². The van der Waals surface area contributed by atoms with Gasteiger partial charge in [-0.15, -0.1) is 0 Å². The smallest absolute Gasteiger partial charge is 0.0724 e. The number of rotatable bonds is 1. The number of nitrogens with one attached hydrogen (secondary N) is 1. The molecule has 2 N–H and O–H groups in total. The number of likely N-dealkylation sites (N-methyl/N-ethyl adjacent to an activating group) is 1. The van der Waals surface area contributed by atoms with Gasteiger partial charge in [0, 0.05) is 5.54 Å². The van der Waals surface area contributed by atoms with Gasteiger partial charge in [-0.05, 0) is 38.6 Å². The molecule has 0 saturated heterocycles. The Morgan fingerprint density at radius 1 is 1.60 bits per heavy atom. The Balaban J connectivity index is 2.19. The first-order valence-electron chi connectivity index (χ1n) is 4.14. The molecule has 0 amide bonds. The molecule has 3 atom stereocenters. The van der Waals surface area contributed by atoms with Crippen LogP contribution in [0.2, 0.25) is 0 Å². The number of hydrogen-bond donors (Lipinski definition) is 2. The number of fused-ring (bicyclic) bond motifs is 2. The Morgan fingerprint density at radius 2 is 2.40 bits per heavy atom. The molecule has 2 bridgehead atoms. The van der Waals surface area contributed by atoms with Crippen LogP contribution >= 0.6 is 0 Å². The first-order chi connectivity index (χ1) is 4.77. The summed E-state index contributed by atoms with van der Waals surface area (Å²) >= 11 is 0. The highest BCUT2D eigenvalue weighted by Gasteiger charge is 2.50. The highest BCUT2D eigenvalue weighted by Crippen LogP contribution is 2.47. The van der Waals surface area contributed by atoms with Crippen molar-refractivity contribution in [3.63, 3.8) is 0 Å². The lowest BCUT2D eigenvalue weighted by Gasteiger charge is -2.30. The van der Waals surface area contributed by atoms with Crippen LogP contribution in [-0.4, -0.2) is 23.8 Å². The summed E-state index contributed by atoms with van der Waals surface area (Å²) < 4.78 is 0. The van der Waals surface area contributed by atoms with Gasteiger partial charge in [-0.1, -0.05) is 0 Å². The van der Waals surface area contributed by atoms with Crippen molar-refractivity contribution < 1.29 is 5.11 Å². The molecular formula is C8H15NO. The van der Waals surface area contributed by atoms with Crippen LogP contribution in [0, 0.1) is 5.92 Å². The van der Waals surface area contributed by atoms with E-state index in [1.165, 1.54) is 19.3 Å². The van der Waals surface area contributed by atoms with Crippen molar-refractivity contribution in [3.8, 4) is 0 Å². The quantitative estimate of drug-likeness (QED) is 0.557. The summed E-state index contributed by atoms with van der Waals surface area (Å²) in [5.74, 6) is 0.808. The standard InChI is InChI=1S/C8H15NO/c1-9-8-3-2-6(5-8)4-7(8)10/h6-7,9-10H,2-5H2,1H3. The molecule has 0 aromatic carbocycles. The zero-order valence-electron chi connectivity index (χ0n) is 6.43. The minimum atomic E-state index is -0.0729. The van der Waals surface area contributed by atoms with Gasteiger partial charge in [-0.25, -0.2) is 0 Å². The Kier molecular flexibility index (Phi) is 1.29. The second-order valence-electron chi connectivity index (χ2n) is 3.77. The minimum absolute atomic E-state index is 0.0729. The van der Waals surface area contributed by atoms with Crippen molar-refractivity contribution in [2.75, 3.05) is 7.05 Å². The van der Waals surface area contributed by atoms with E-state index >= 15 is 0 Å². The largest absolute Gasteiger partial charge is 0.391 e. The van der Waals surface area contributed by atoms with Crippen LogP contribution in [-0.2, 0) is 0 Å². The van der Waals surface area contributed by atoms with Crippen LogP contribution in [0.15, 0.2) is 0 Å². The van der Waals surface area contributed by atoms with E-state index in [0.717, 1.165) is 12.3 Å². The van der Waals surface area contributed by atoms with Crippen LogP contribution in [0.4, 0.5) is 0 Å². The van der Waals surface area contributed by atoms with Gasteiger partial charge in [0.05, 0.1) is 6.10 Å². The number of hydrogen-bond acceptors (Lipinski definition) is 2. The topological polar surface area (TPSA) is 32.3 Å². The highest BCUT2D eigenvalue weighted by atomic mass is 16.3. The molecule has 2 saturated carbocycles. The van der Waals surface area contributed by atoms with E-state index in [1.54, 1.807) is 0 Å². The average molecular weight is 141 g/mol. The van der Waals surface area contributed by atoms with E-state index in [2.05, 4.69) is 5.32 Å². The fraction of sp³-hybridized carbons (Fsp3) is 1.00. The van der Waals surface area contributed by atoms with E-state index in [-0.39, 0.29) is 11.6 Å². The summed E-state index contributed by atoms with van der Waals surface area (Å²) in [5.41, 5.74) is 0.116. The van der Waals surface area contributed by atoms with Crippen molar-refractivity contribution in [3.05, 3.63) is 0 Å². The third-order valence-corrected chi connectivity index (χ3v) is 3.34. The molecule has 2 aliphatic carbocycles. The van der Waals surface area contributed by atoms with Crippen LogP contribution in [0.5, 0.6) is 0 Å². The molecule has 2 heteroatoms. The van der Waals surface area contributed by atoms with Crippen molar-refractivity contribution in [2.24, 2.45) is 5.92 Å². The second kappa shape index (κ2) is 1.95. The predicted octanol–water partition coefficient (Wildman–Crippen LogP) is 0.509. The molecular weight excluding hydrogens is 126 g/mol. The van der Waals surface area contributed by atoms with Crippen LogP contribution in [0.1, 0.15) is 25.7 Å². The van der Waals surface area contributed by atoms with Gasteiger partial charge in [0.1, 0.15) is 0 Å². The lowest BCUT2D eigenvalue weighted by Crippen LogP contribution is -2.48. The lowest BCUT2D eigenvalue weighted by atomic mass is 9.91. The molecule has 2 rings (SSSR count). The highest BCUT2D eigenvalue weighted by molar-refractivity contribution is 5.07. The van der Waals surface area contributed by atoms with Gasteiger partial charge in [0.25, 0.3) is 0 Å². The lowest BCUT2D eigenvalue weighted by molar-refractivity contribution is 0.0755. The maximum atomic E-state index is 9.61. The molecule has 2 aliphatic rings. The Bertz CT molecular complexity index is 148. The maximum absolute atomic E-state index is 9.61. The van der Waals surface area contributed by atoms with Crippen molar-refractivity contribution >= 4 is 0 Å². The van der Waals surface area contributed by atoms with Gasteiger partial charge >= 0.3 is 0 Å². The Hall–Kier alpha value is -0.0800. The fourth-order valence-electron chi connectivity index (χ4n) is 2.62. The SMILES string of the molecule is CNC12CCC(CC1O)C2. The summed E-state index contributed by atoms with van der Waals surface area (Å²) in [5, 5.41) is 12.9. The summed E-state index contributed by atoms with van der Waals surface area (Å²) in [6.45, 7) is 0. The first-order valence-corrected chi connectivity index (χ1v) is 4.14. The molecule has 0 aliphatic heterocycles. The Labute approximate surface area is 61.6 Å². The van der Waals surface area contributed by atoms with Crippen LogP contribution in [0.25, 0.3) is 0 Å². The molecule has 3 unspecified atom stereocenters.